The molecule has 1 N–H and O–H groups in total. The van der Waals surface area contributed by atoms with E-state index in [1.807, 2.05) is 18.2 Å². The zero-order valence-electron chi connectivity index (χ0n) is 17.9. The average molecular weight is 556 g/mol. The Morgan fingerprint density at radius 1 is 1.03 bits per heavy atom. The molecule has 4 amide bonds. The van der Waals surface area contributed by atoms with Gasteiger partial charge >= 0.3 is 6.03 Å². The zero-order valence-corrected chi connectivity index (χ0v) is 20.3. The predicted octanol–water partition coefficient (Wildman–Crippen LogP) is 5.08. The van der Waals surface area contributed by atoms with Crippen LogP contribution < -0.4 is 24.4 Å². The summed E-state index contributed by atoms with van der Waals surface area (Å²) in [5.74, 6) is -0.274. The van der Waals surface area contributed by atoms with E-state index in [0.717, 1.165) is 10.5 Å². The number of amides is 4. The number of barbiturate groups is 1. The highest BCUT2D eigenvalue weighted by Crippen LogP contribution is 2.36. The van der Waals surface area contributed by atoms with Gasteiger partial charge in [-0.3, -0.25) is 14.9 Å². The van der Waals surface area contributed by atoms with Crippen LogP contribution in [0.1, 0.15) is 11.1 Å². The van der Waals surface area contributed by atoms with Crippen molar-refractivity contribution in [3.8, 4) is 17.2 Å². The van der Waals surface area contributed by atoms with Crippen LogP contribution in [0.5, 0.6) is 17.2 Å². The SMILES string of the molecule is O=C1NC(=O)N(c2ccc3c(c2)OCO3)C(=O)/C1=C/c1cc(Br)ccc1OCc1ccccc1Cl. The van der Waals surface area contributed by atoms with E-state index in [2.05, 4.69) is 21.2 Å². The van der Waals surface area contributed by atoms with E-state index in [1.54, 1.807) is 30.3 Å². The number of benzene rings is 3. The number of anilines is 1. The van der Waals surface area contributed by atoms with E-state index in [9.17, 15) is 14.4 Å². The van der Waals surface area contributed by atoms with Crippen molar-refractivity contribution < 1.29 is 28.6 Å². The van der Waals surface area contributed by atoms with Crippen LogP contribution in [-0.2, 0) is 16.2 Å². The molecule has 176 valence electrons. The van der Waals surface area contributed by atoms with E-state index < -0.39 is 17.8 Å². The minimum Gasteiger partial charge on any atom is -0.488 e. The minimum absolute atomic E-state index is 0.0441. The Labute approximate surface area is 213 Å². The second-order valence-electron chi connectivity index (χ2n) is 7.56. The molecule has 0 spiro atoms. The second kappa shape index (κ2) is 9.44. The van der Waals surface area contributed by atoms with Crippen LogP contribution in [0.25, 0.3) is 6.08 Å². The average Bonchev–Trinajstić information content (AvgIpc) is 3.30. The van der Waals surface area contributed by atoms with Gasteiger partial charge in [0.15, 0.2) is 11.5 Å². The number of carbonyl (C=O) groups is 3. The molecular weight excluding hydrogens is 540 g/mol. The van der Waals surface area contributed by atoms with E-state index >= 15 is 0 Å². The molecule has 0 aromatic heterocycles. The summed E-state index contributed by atoms with van der Waals surface area (Å²) >= 11 is 9.63. The van der Waals surface area contributed by atoms with Gasteiger partial charge in [0, 0.05) is 26.7 Å². The molecule has 2 aliphatic rings. The van der Waals surface area contributed by atoms with Crippen molar-refractivity contribution in [3.63, 3.8) is 0 Å². The first-order chi connectivity index (χ1) is 16.9. The Kier molecular flexibility index (Phi) is 6.19. The number of imide groups is 2. The number of hydrogen-bond acceptors (Lipinski definition) is 6. The molecule has 3 aromatic rings. The smallest absolute Gasteiger partial charge is 0.335 e. The molecule has 0 radical (unpaired) electrons. The van der Waals surface area contributed by atoms with Gasteiger partial charge in [-0.15, -0.1) is 0 Å². The van der Waals surface area contributed by atoms with Gasteiger partial charge in [0.05, 0.1) is 5.69 Å². The van der Waals surface area contributed by atoms with Crippen molar-refractivity contribution in [1.29, 1.82) is 0 Å². The number of ether oxygens (including phenoxy) is 3. The van der Waals surface area contributed by atoms with Gasteiger partial charge in [0.25, 0.3) is 11.8 Å². The van der Waals surface area contributed by atoms with E-state index in [0.29, 0.717) is 32.3 Å². The lowest BCUT2D eigenvalue weighted by Gasteiger charge is -2.26. The summed E-state index contributed by atoms with van der Waals surface area (Å²) in [5.41, 5.74) is 1.24. The topological polar surface area (TPSA) is 94.2 Å². The molecule has 1 fully saturated rings. The summed E-state index contributed by atoms with van der Waals surface area (Å²) in [6, 6.07) is 16.2. The fraction of sp³-hybridized carbons (Fsp3) is 0.0800. The standard InChI is InChI=1S/C25H16BrClN2O6/c26-16-5-7-20(33-12-14-3-1-2-4-19(14)27)15(9-16)10-18-23(30)28-25(32)29(24(18)31)17-6-8-21-22(11-17)35-13-34-21/h1-11H,12-13H2,(H,28,30,32)/b18-10+. The van der Waals surface area contributed by atoms with Crippen molar-refractivity contribution in [3.05, 3.63) is 86.9 Å². The maximum absolute atomic E-state index is 13.3. The van der Waals surface area contributed by atoms with Gasteiger partial charge in [-0.25, -0.2) is 9.69 Å². The van der Waals surface area contributed by atoms with Gasteiger partial charge in [0.1, 0.15) is 17.9 Å². The van der Waals surface area contributed by atoms with Crippen molar-refractivity contribution >= 4 is 57.1 Å². The van der Waals surface area contributed by atoms with Crippen LogP contribution in [0.2, 0.25) is 5.02 Å². The largest absolute Gasteiger partial charge is 0.488 e. The third-order valence-electron chi connectivity index (χ3n) is 5.33. The van der Waals surface area contributed by atoms with Crippen molar-refractivity contribution in [2.45, 2.75) is 6.61 Å². The number of rotatable bonds is 5. The zero-order chi connectivity index (χ0) is 24.5. The molecule has 5 rings (SSSR count). The molecule has 3 aromatic carbocycles. The molecule has 0 bridgehead atoms. The summed E-state index contributed by atoms with van der Waals surface area (Å²) in [6.45, 7) is 0.224. The van der Waals surface area contributed by atoms with Gasteiger partial charge in [-0.05, 0) is 42.5 Å². The van der Waals surface area contributed by atoms with Gasteiger partial charge in [0.2, 0.25) is 6.79 Å². The van der Waals surface area contributed by atoms with Crippen LogP contribution in [-0.4, -0.2) is 24.6 Å². The molecule has 0 atom stereocenters. The number of urea groups is 1. The van der Waals surface area contributed by atoms with Crippen LogP contribution in [0.3, 0.4) is 0 Å². The molecular formula is C25H16BrClN2O6. The van der Waals surface area contributed by atoms with E-state index in [1.165, 1.54) is 18.2 Å². The number of fused-ring (bicyclic) bond motifs is 1. The Morgan fingerprint density at radius 2 is 1.83 bits per heavy atom. The lowest BCUT2D eigenvalue weighted by molar-refractivity contribution is -0.122. The number of halogens is 2. The van der Waals surface area contributed by atoms with Crippen LogP contribution in [0.4, 0.5) is 10.5 Å². The fourth-order valence-corrected chi connectivity index (χ4v) is 4.18. The van der Waals surface area contributed by atoms with Gasteiger partial charge in [-0.2, -0.15) is 0 Å². The van der Waals surface area contributed by atoms with Crippen LogP contribution in [0, 0.1) is 0 Å². The second-order valence-corrected chi connectivity index (χ2v) is 8.88. The number of hydrogen-bond donors (Lipinski definition) is 1. The van der Waals surface area contributed by atoms with E-state index in [-0.39, 0.29) is 24.7 Å². The summed E-state index contributed by atoms with van der Waals surface area (Å²) in [6.07, 6.45) is 1.39. The number of nitrogens with zero attached hydrogens (tertiary/aromatic N) is 1. The first-order valence-electron chi connectivity index (χ1n) is 10.4. The monoisotopic (exact) mass is 554 g/mol. The van der Waals surface area contributed by atoms with Crippen LogP contribution in [0.15, 0.2) is 70.7 Å². The highest BCUT2D eigenvalue weighted by atomic mass is 79.9. The molecule has 0 unspecified atom stereocenters. The molecule has 1 saturated heterocycles. The first-order valence-corrected chi connectivity index (χ1v) is 11.5. The summed E-state index contributed by atoms with van der Waals surface area (Å²) < 4.78 is 17.3. The molecule has 10 heteroatoms. The molecule has 35 heavy (non-hydrogen) atoms. The highest BCUT2D eigenvalue weighted by Gasteiger charge is 2.37. The van der Waals surface area contributed by atoms with Crippen molar-refractivity contribution in [1.82, 2.24) is 5.32 Å². The fourth-order valence-electron chi connectivity index (χ4n) is 3.61. The summed E-state index contributed by atoms with van der Waals surface area (Å²) in [5, 5.41) is 2.77. The minimum atomic E-state index is -0.861. The number of carbonyl (C=O) groups excluding carboxylic acids is 3. The lowest BCUT2D eigenvalue weighted by Crippen LogP contribution is -2.54. The maximum atomic E-state index is 13.3. The molecule has 8 nitrogen and oxygen atoms in total. The lowest BCUT2D eigenvalue weighted by atomic mass is 10.1. The normalized spacial score (nSPS) is 16.0. The third-order valence-corrected chi connectivity index (χ3v) is 6.19. The van der Waals surface area contributed by atoms with Crippen molar-refractivity contribution in [2.75, 3.05) is 11.7 Å². The van der Waals surface area contributed by atoms with E-state index in [4.69, 9.17) is 25.8 Å². The highest BCUT2D eigenvalue weighted by molar-refractivity contribution is 9.10. The van der Waals surface area contributed by atoms with Gasteiger partial charge < -0.3 is 14.2 Å². The van der Waals surface area contributed by atoms with Crippen LogP contribution >= 0.6 is 27.5 Å². The molecule has 2 heterocycles. The maximum Gasteiger partial charge on any atom is 0.335 e. The summed E-state index contributed by atoms with van der Waals surface area (Å²) in [7, 11) is 0. The Bertz CT molecular complexity index is 1410. The Hall–Kier alpha value is -3.82. The molecule has 0 saturated carbocycles. The Balaban J connectivity index is 1.47. The summed E-state index contributed by atoms with van der Waals surface area (Å²) in [4.78, 5) is 39.4. The van der Waals surface area contributed by atoms with Gasteiger partial charge in [-0.1, -0.05) is 45.7 Å². The molecule has 0 aliphatic carbocycles. The quantitative estimate of drug-likeness (QED) is 0.349. The molecule has 2 aliphatic heterocycles. The number of nitrogens with one attached hydrogen (secondary N) is 1. The van der Waals surface area contributed by atoms with Crippen molar-refractivity contribution in [2.24, 2.45) is 0 Å². The third kappa shape index (κ3) is 4.60. The Morgan fingerprint density at radius 3 is 2.66 bits per heavy atom. The first kappa shape index (κ1) is 22.9. The predicted molar refractivity (Wildman–Crippen MR) is 131 cm³/mol.